The number of allylic oxidation sites excluding steroid dienone is 3. The van der Waals surface area contributed by atoms with E-state index < -0.39 is 27.1 Å². The Labute approximate surface area is 248 Å². The molecule has 0 bridgehead atoms. The van der Waals surface area contributed by atoms with Gasteiger partial charge in [-0.3, -0.25) is 9.69 Å². The molecule has 0 radical (unpaired) electrons. The third-order valence-corrected chi connectivity index (χ3v) is 9.84. The smallest absolute Gasteiger partial charge is 0.225 e. The molecule has 230 valence electrons. The van der Waals surface area contributed by atoms with Gasteiger partial charge >= 0.3 is 0 Å². The molecule has 0 fully saturated rings. The third-order valence-electron chi connectivity index (χ3n) is 7.11. The van der Waals surface area contributed by atoms with E-state index in [4.69, 9.17) is 16.3 Å². The molecule has 1 aromatic rings. The van der Waals surface area contributed by atoms with Crippen LogP contribution >= 0.6 is 11.6 Å². The number of hydrogen-bond acceptors (Lipinski definition) is 5. The number of carbonyl (C=O) groups excluding carboxylic acids is 1. The maximum atomic E-state index is 14.4. The number of rotatable bonds is 13. The second kappa shape index (κ2) is 18.6. The largest absolute Gasteiger partial charge is 0.366 e. The average molecular weight is 604 g/mol. The van der Waals surface area contributed by atoms with Crippen LogP contribution in [0.3, 0.4) is 0 Å². The Morgan fingerprint density at radius 3 is 2.15 bits per heavy atom. The normalized spacial score (nSPS) is 20.6. The summed E-state index contributed by atoms with van der Waals surface area (Å²) >= 11 is 5.88. The van der Waals surface area contributed by atoms with Crippen LogP contribution in [0.25, 0.3) is 0 Å². The summed E-state index contributed by atoms with van der Waals surface area (Å²) in [6.45, 7) is 13.1. The van der Waals surface area contributed by atoms with Crippen LogP contribution in [0, 0.1) is 0 Å². The van der Waals surface area contributed by atoms with Gasteiger partial charge in [-0.25, -0.2) is 12.8 Å². The van der Waals surface area contributed by atoms with Crippen LogP contribution in [-0.2, 0) is 26.0 Å². The minimum absolute atomic E-state index is 0.159. The molecule has 1 aromatic carbocycles. The van der Waals surface area contributed by atoms with Gasteiger partial charge in [0.2, 0.25) is 16.4 Å². The first kappa shape index (κ1) is 38.2. The highest BCUT2D eigenvalue weighted by Gasteiger charge is 2.45. The van der Waals surface area contributed by atoms with Gasteiger partial charge in [-0.1, -0.05) is 69.7 Å². The molecule has 7 nitrogen and oxygen atoms in total. The molecule has 10 heteroatoms. The molecule has 2 rings (SSSR count). The van der Waals surface area contributed by atoms with Crippen LogP contribution in [-0.4, -0.2) is 86.0 Å². The summed E-state index contributed by atoms with van der Waals surface area (Å²) in [5, 5.41) is -0.499. The Hall–Kier alpha value is -1.78. The summed E-state index contributed by atoms with van der Waals surface area (Å²) < 4.78 is 46.5. The number of benzene rings is 1. The molecule has 5 atom stereocenters. The van der Waals surface area contributed by atoms with Crippen molar-refractivity contribution in [1.29, 1.82) is 0 Å². The molecule has 1 aliphatic carbocycles. The molecule has 0 saturated heterocycles. The number of ether oxygens (including phenoxy) is 1. The Morgan fingerprint density at radius 1 is 1.12 bits per heavy atom. The Kier molecular flexibility index (Phi) is 17.8. The minimum Gasteiger partial charge on any atom is -0.366 e. The lowest BCUT2D eigenvalue weighted by Gasteiger charge is -2.37. The molecule has 0 saturated carbocycles. The van der Waals surface area contributed by atoms with Crippen LogP contribution in [0.5, 0.6) is 0 Å². The first-order chi connectivity index (χ1) is 18.8. The maximum Gasteiger partial charge on any atom is 0.225 e. The fraction of sp³-hybridized carbons (Fsp3) is 0.633. The predicted molar refractivity (Wildman–Crippen MR) is 166 cm³/mol. The van der Waals surface area contributed by atoms with E-state index in [1.165, 1.54) is 48.7 Å². The Balaban J connectivity index is 0.000000719. The number of amides is 1. The lowest BCUT2D eigenvalue weighted by atomic mass is 9.99. The van der Waals surface area contributed by atoms with Gasteiger partial charge in [0.1, 0.15) is 17.1 Å². The fourth-order valence-corrected chi connectivity index (χ4v) is 6.48. The molecule has 0 aliphatic heterocycles. The summed E-state index contributed by atoms with van der Waals surface area (Å²) in [6.07, 6.45) is 8.78. The van der Waals surface area contributed by atoms with Crippen molar-refractivity contribution in [1.82, 2.24) is 14.1 Å². The van der Waals surface area contributed by atoms with Crippen molar-refractivity contribution in [2.45, 2.75) is 97.1 Å². The van der Waals surface area contributed by atoms with E-state index in [0.29, 0.717) is 12.5 Å². The van der Waals surface area contributed by atoms with E-state index in [1.54, 1.807) is 21.0 Å². The molecule has 0 spiro atoms. The Bertz CT molecular complexity index is 1020. The summed E-state index contributed by atoms with van der Waals surface area (Å²) in [4.78, 5) is 14.3. The molecule has 40 heavy (non-hydrogen) atoms. The van der Waals surface area contributed by atoms with Crippen molar-refractivity contribution in [3.63, 3.8) is 0 Å². The zero-order chi connectivity index (χ0) is 31.1. The standard InChI is InChI=1S/C15H24ClNO.C13H21FN2O3S.C2H6/c1-5-12(2)17(3)15(18-4)11-8-13-6-9-14(16)10-7-13;1-5-16(11(2)15(4)10-17)20(18,19)12-8-6-7-9-13(12,3)14;1-2/h6-7,9-10,12,15H,5,8,11H2,1-4H3;6-12H,5H2,1-4H3;1-2H3. The highest BCUT2D eigenvalue weighted by molar-refractivity contribution is 7.90. The Morgan fingerprint density at radius 2 is 1.70 bits per heavy atom. The summed E-state index contributed by atoms with van der Waals surface area (Å²) in [5.41, 5.74) is -0.667. The van der Waals surface area contributed by atoms with Gasteiger partial charge in [0.25, 0.3) is 0 Å². The first-order valence-corrected chi connectivity index (χ1v) is 15.9. The predicted octanol–water partition coefficient (Wildman–Crippen LogP) is 6.30. The van der Waals surface area contributed by atoms with E-state index in [-0.39, 0.29) is 12.8 Å². The second-order valence-electron chi connectivity index (χ2n) is 9.75. The summed E-state index contributed by atoms with van der Waals surface area (Å²) in [5.74, 6) is 0. The molecular formula is C30H51ClFN3O4S. The highest BCUT2D eigenvalue weighted by atomic mass is 35.5. The molecule has 0 heterocycles. The lowest BCUT2D eigenvalue weighted by Crippen LogP contribution is -2.53. The van der Waals surface area contributed by atoms with Crippen molar-refractivity contribution >= 4 is 28.0 Å². The highest BCUT2D eigenvalue weighted by Crippen LogP contribution is 2.31. The number of methoxy groups -OCH3 is 1. The van der Waals surface area contributed by atoms with Crippen LogP contribution in [0.15, 0.2) is 48.6 Å². The van der Waals surface area contributed by atoms with Gasteiger partial charge in [0.15, 0.2) is 0 Å². The molecule has 1 aliphatic rings. The van der Waals surface area contributed by atoms with Crippen LogP contribution in [0.2, 0.25) is 5.02 Å². The van der Waals surface area contributed by atoms with Crippen LogP contribution in [0.4, 0.5) is 4.39 Å². The monoisotopic (exact) mass is 603 g/mol. The van der Waals surface area contributed by atoms with E-state index in [0.717, 1.165) is 28.6 Å². The topological polar surface area (TPSA) is 70.2 Å². The fourth-order valence-electron chi connectivity index (χ4n) is 4.18. The number of hydrogen-bond donors (Lipinski definition) is 0. The van der Waals surface area contributed by atoms with Gasteiger partial charge in [-0.15, -0.1) is 0 Å². The van der Waals surface area contributed by atoms with Crippen molar-refractivity contribution in [2.24, 2.45) is 0 Å². The number of aryl methyl sites for hydroxylation is 1. The number of carbonyl (C=O) groups is 1. The molecule has 1 amide bonds. The third kappa shape index (κ3) is 11.2. The molecule has 5 unspecified atom stereocenters. The maximum absolute atomic E-state index is 14.4. The van der Waals surface area contributed by atoms with Gasteiger partial charge in [-0.05, 0) is 70.9 Å². The average Bonchev–Trinajstić information content (AvgIpc) is 2.94. The van der Waals surface area contributed by atoms with Crippen molar-refractivity contribution in [3.8, 4) is 0 Å². The zero-order valence-corrected chi connectivity index (χ0v) is 27.5. The molecule has 0 N–H and O–H groups in total. The van der Waals surface area contributed by atoms with Gasteiger partial charge in [0.05, 0.1) is 6.17 Å². The van der Waals surface area contributed by atoms with Crippen LogP contribution in [0.1, 0.15) is 66.9 Å². The molecule has 0 aromatic heterocycles. The lowest BCUT2D eigenvalue weighted by molar-refractivity contribution is -0.120. The van der Waals surface area contributed by atoms with Crippen molar-refractivity contribution in [3.05, 3.63) is 59.2 Å². The second-order valence-corrected chi connectivity index (χ2v) is 12.2. The van der Waals surface area contributed by atoms with E-state index in [9.17, 15) is 17.6 Å². The van der Waals surface area contributed by atoms with Gasteiger partial charge in [0, 0.05) is 31.8 Å². The summed E-state index contributed by atoms with van der Waals surface area (Å²) in [7, 11) is 1.48. The van der Waals surface area contributed by atoms with E-state index >= 15 is 0 Å². The zero-order valence-electron chi connectivity index (χ0n) is 26.0. The van der Waals surface area contributed by atoms with Crippen molar-refractivity contribution in [2.75, 3.05) is 27.7 Å². The van der Waals surface area contributed by atoms with E-state index in [2.05, 4.69) is 37.9 Å². The number of nitrogens with zero attached hydrogens (tertiary/aromatic N) is 3. The first-order valence-electron chi connectivity index (χ1n) is 14.0. The quantitative estimate of drug-likeness (QED) is 0.196. The number of halogens is 2. The van der Waals surface area contributed by atoms with E-state index in [1.807, 2.05) is 26.0 Å². The number of alkyl halides is 1. The SMILES string of the molecule is CC.CCC(C)N(C)C(CCc1ccc(Cl)cc1)OC.CCN(C(C)N(C)C=O)S(=O)(=O)C1C=CC=CC1(C)F. The van der Waals surface area contributed by atoms with Crippen LogP contribution < -0.4 is 0 Å². The minimum atomic E-state index is -3.92. The number of sulfonamides is 1. The molecular weight excluding hydrogens is 553 g/mol. The van der Waals surface area contributed by atoms with Gasteiger partial charge < -0.3 is 9.64 Å². The summed E-state index contributed by atoms with van der Waals surface area (Å²) in [6, 6.07) is 8.59. The van der Waals surface area contributed by atoms with Crippen molar-refractivity contribution < 1.29 is 22.3 Å². The van der Waals surface area contributed by atoms with Gasteiger partial charge in [-0.2, -0.15) is 4.31 Å².